The number of nitrogens with two attached hydrogens (primary N) is 1. The molecule has 0 spiro atoms. The predicted molar refractivity (Wildman–Crippen MR) is 78.4 cm³/mol. The number of likely N-dealkylation sites (N-methyl/N-ethyl adjacent to an activating group) is 1. The highest BCUT2D eigenvalue weighted by Gasteiger charge is 2.46. The number of ketones is 1. The second-order valence-electron chi connectivity index (χ2n) is 5.29. The van der Waals surface area contributed by atoms with E-state index in [1.54, 1.807) is 18.0 Å². The van der Waals surface area contributed by atoms with E-state index in [9.17, 15) is 9.59 Å². The molecule has 4 nitrogen and oxygen atoms in total. The first-order valence-corrected chi connectivity index (χ1v) is 7.14. The summed E-state index contributed by atoms with van der Waals surface area (Å²) in [6.45, 7) is 0.0387. The van der Waals surface area contributed by atoms with Gasteiger partial charge in [0.15, 0.2) is 5.78 Å². The minimum atomic E-state index is -0.828. The summed E-state index contributed by atoms with van der Waals surface area (Å²) in [6.07, 6.45) is 2.99. The fourth-order valence-electron chi connectivity index (χ4n) is 3.07. The average molecular weight is 295 g/mol. The van der Waals surface area contributed by atoms with Crippen molar-refractivity contribution in [3.8, 4) is 0 Å². The summed E-state index contributed by atoms with van der Waals surface area (Å²) in [5.74, 6) is -0.335. The lowest BCUT2D eigenvalue weighted by atomic mass is 9.74. The summed E-state index contributed by atoms with van der Waals surface area (Å²) in [4.78, 5) is 25.6. The minimum absolute atomic E-state index is 0.0387. The van der Waals surface area contributed by atoms with Gasteiger partial charge in [-0.2, -0.15) is 0 Å². The highest BCUT2D eigenvalue weighted by atomic mass is 35.5. The Kier molecular flexibility index (Phi) is 4.45. The smallest absolute Gasteiger partial charge is 0.231 e. The molecule has 1 aliphatic rings. The van der Waals surface area contributed by atoms with Gasteiger partial charge in [0.2, 0.25) is 5.91 Å². The Hall–Kier alpha value is -1.39. The quantitative estimate of drug-likeness (QED) is 0.925. The lowest BCUT2D eigenvalue weighted by Gasteiger charge is -2.43. The van der Waals surface area contributed by atoms with Crippen molar-refractivity contribution >= 4 is 23.3 Å². The van der Waals surface area contributed by atoms with Crippen LogP contribution in [0.15, 0.2) is 24.3 Å². The zero-order valence-corrected chi connectivity index (χ0v) is 12.3. The summed E-state index contributed by atoms with van der Waals surface area (Å²) in [5, 5.41) is 0.555. The van der Waals surface area contributed by atoms with Gasteiger partial charge in [-0.3, -0.25) is 14.5 Å². The fraction of sp³-hybridized carbons (Fsp3) is 0.467. The highest BCUT2D eigenvalue weighted by molar-refractivity contribution is 6.31. The van der Waals surface area contributed by atoms with Crippen LogP contribution < -0.4 is 5.73 Å². The van der Waals surface area contributed by atoms with Gasteiger partial charge in [0.05, 0.1) is 6.54 Å². The highest BCUT2D eigenvalue weighted by Crippen LogP contribution is 2.41. The molecule has 0 heterocycles. The topological polar surface area (TPSA) is 63.4 Å². The monoisotopic (exact) mass is 294 g/mol. The molecule has 0 radical (unpaired) electrons. The minimum Gasteiger partial charge on any atom is -0.369 e. The molecule has 20 heavy (non-hydrogen) atoms. The second kappa shape index (κ2) is 5.94. The number of Topliss-reactive ketones (excluding diaryl/α,β-unsaturated/α-hetero) is 1. The molecule has 1 fully saturated rings. The van der Waals surface area contributed by atoms with E-state index in [4.69, 9.17) is 17.3 Å². The Labute approximate surface area is 123 Å². The fourth-order valence-corrected chi connectivity index (χ4v) is 3.36. The van der Waals surface area contributed by atoms with Crippen molar-refractivity contribution in [2.45, 2.75) is 31.2 Å². The lowest BCUT2D eigenvalue weighted by Crippen LogP contribution is -2.54. The number of carbonyl (C=O) groups excluding carboxylic acids is 2. The number of amides is 1. The normalized spacial score (nSPS) is 23.1. The zero-order chi connectivity index (χ0) is 14.8. The van der Waals surface area contributed by atoms with E-state index < -0.39 is 11.4 Å². The summed E-state index contributed by atoms with van der Waals surface area (Å²) >= 11 is 6.30. The van der Waals surface area contributed by atoms with E-state index in [0.29, 0.717) is 17.9 Å². The third kappa shape index (κ3) is 2.58. The van der Waals surface area contributed by atoms with Gasteiger partial charge in [0.25, 0.3) is 0 Å². The van der Waals surface area contributed by atoms with Crippen LogP contribution in [0, 0.1) is 0 Å². The molecule has 1 aliphatic carbocycles. The van der Waals surface area contributed by atoms with Gasteiger partial charge < -0.3 is 5.73 Å². The molecular formula is C15H19ClN2O2. The molecule has 1 aromatic rings. The van der Waals surface area contributed by atoms with Gasteiger partial charge in [-0.25, -0.2) is 0 Å². The molecule has 108 valence electrons. The van der Waals surface area contributed by atoms with Crippen LogP contribution in [0.2, 0.25) is 5.02 Å². The summed E-state index contributed by atoms with van der Waals surface area (Å²) in [7, 11) is 1.76. The van der Waals surface area contributed by atoms with Gasteiger partial charge in [-0.05, 0) is 31.5 Å². The van der Waals surface area contributed by atoms with Gasteiger partial charge in [-0.1, -0.05) is 36.2 Å². The third-order valence-corrected chi connectivity index (χ3v) is 4.35. The molecule has 2 rings (SSSR count). The summed E-state index contributed by atoms with van der Waals surface area (Å²) in [5.41, 5.74) is 5.24. The molecule has 5 heteroatoms. The average Bonchev–Trinajstić information content (AvgIpc) is 2.39. The van der Waals surface area contributed by atoms with Crippen LogP contribution in [-0.4, -0.2) is 30.2 Å². The molecular weight excluding hydrogens is 276 g/mol. The standard InChI is InChI=1S/C15H19ClN2O2/c1-18(10-14(17)20)15(9-5-4-8-13(15)19)11-6-2-3-7-12(11)16/h2-3,6-7H,4-5,8-10H2,1H3,(H2,17,20). The van der Waals surface area contributed by atoms with Crippen LogP contribution in [0.1, 0.15) is 31.2 Å². The number of hydrogen-bond acceptors (Lipinski definition) is 3. The van der Waals surface area contributed by atoms with E-state index >= 15 is 0 Å². The van der Waals surface area contributed by atoms with E-state index in [-0.39, 0.29) is 12.3 Å². The molecule has 1 amide bonds. The van der Waals surface area contributed by atoms with Crippen LogP contribution in [0.25, 0.3) is 0 Å². The maximum absolute atomic E-state index is 12.6. The Bertz CT molecular complexity index is 532. The van der Waals surface area contributed by atoms with E-state index in [0.717, 1.165) is 18.4 Å². The van der Waals surface area contributed by atoms with Gasteiger partial charge in [0.1, 0.15) is 5.54 Å². The van der Waals surface area contributed by atoms with Crippen LogP contribution in [-0.2, 0) is 15.1 Å². The molecule has 0 bridgehead atoms. The number of nitrogens with zero attached hydrogens (tertiary/aromatic N) is 1. The molecule has 2 N–H and O–H groups in total. The number of rotatable bonds is 4. The molecule has 1 aromatic carbocycles. The van der Waals surface area contributed by atoms with Crippen molar-refractivity contribution in [1.82, 2.24) is 4.90 Å². The van der Waals surface area contributed by atoms with Crippen molar-refractivity contribution in [1.29, 1.82) is 0 Å². The second-order valence-corrected chi connectivity index (χ2v) is 5.70. The first kappa shape index (κ1) is 15.0. The van der Waals surface area contributed by atoms with Crippen LogP contribution in [0.4, 0.5) is 0 Å². The molecule has 0 saturated heterocycles. The molecule has 0 aromatic heterocycles. The van der Waals surface area contributed by atoms with Crippen LogP contribution in [0.3, 0.4) is 0 Å². The third-order valence-electron chi connectivity index (χ3n) is 4.02. The number of hydrogen-bond donors (Lipinski definition) is 1. The van der Waals surface area contributed by atoms with Gasteiger partial charge in [-0.15, -0.1) is 0 Å². The zero-order valence-electron chi connectivity index (χ0n) is 11.6. The molecule has 0 aliphatic heterocycles. The van der Waals surface area contributed by atoms with Crippen molar-refractivity contribution < 1.29 is 9.59 Å². The molecule has 1 atom stereocenters. The summed E-state index contributed by atoms with van der Waals surface area (Å²) < 4.78 is 0. The van der Waals surface area contributed by atoms with Crippen molar-refractivity contribution in [3.63, 3.8) is 0 Å². The largest absolute Gasteiger partial charge is 0.369 e. The Balaban J connectivity index is 2.51. The predicted octanol–water partition coefficient (Wildman–Crippen LogP) is 2.10. The first-order chi connectivity index (χ1) is 9.48. The van der Waals surface area contributed by atoms with Crippen LogP contribution >= 0.6 is 11.6 Å². The Morgan fingerprint density at radius 2 is 2.10 bits per heavy atom. The van der Waals surface area contributed by atoms with Crippen LogP contribution in [0.5, 0.6) is 0 Å². The lowest BCUT2D eigenvalue weighted by molar-refractivity contribution is -0.136. The van der Waals surface area contributed by atoms with Crippen molar-refractivity contribution in [3.05, 3.63) is 34.9 Å². The number of primary amides is 1. The van der Waals surface area contributed by atoms with E-state index in [2.05, 4.69) is 0 Å². The van der Waals surface area contributed by atoms with Gasteiger partial charge in [0, 0.05) is 11.4 Å². The summed E-state index contributed by atoms with van der Waals surface area (Å²) in [6, 6.07) is 7.34. The maximum atomic E-state index is 12.6. The van der Waals surface area contributed by atoms with Crippen molar-refractivity contribution in [2.24, 2.45) is 5.73 Å². The SMILES string of the molecule is CN(CC(N)=O)C1(c2ccccc2Cl)CCCCC1=O. The van der Waals surface area contributed by atoms with E-state index in [1.807, 2.05) is 18.2 Å². The van der Waals surface area contributed by atoms with E-state index in [1.165, 1.54) is 0 Å². The molecule has 1 saturated carbocycles. The molecule has 1 unspecified atom stereocenters. The maximum Gasteiger partial charge on any atom is 0.231 e. The Morgan fingerprint density at radius 1 is 1.40 bits per heavy atom. The number of carbonyl (C=O) groups is 2. The Morgan fingerprint density at radius 3 is 2.70 bits per heavy atom. The van der Waals surface area contributed by atoms with Crippen molar-refractivity contribution in [2.75, 3.05) is 13.6 Å². The number of halogens is 1. The first-order valence-electron chi connectivity index (χ1n) is 6.76. The number of benzene rings is 1. The van der Waals surface area contributed by atoms with Gasteiger partial charge >= 0.3 is 0 Å².